The number of carbonyl (C=O) groups excluding carboxylic acids is 1. The van der Waals surface area contributed by atoms with Gasteiger partial charge in [-0.25, -0.2) is 0 Å². The van der Waals surface area contributed by atoms with Gasteiger partial charge in [-0.3, -0.25) is 4.79 Å². The average molecular weight is 256 g/mol. The van der Waals surface area contributed by atoms with Crippen LogP contribution in [0.3, 0.4) is 0 Å². The molecule has 4 nitrogen and oxygen atoms in total. The Bertz CT molecular complexity index is 246. The summed E-state index contributed by atoms with van der Waals surface area (Å²) in [5, 5.41) is 6.41. The molecule has 1 aliphatic carbocycles. The summed E-state index contributed by atoms with van der Waals surface area (Å²) >= 11 is 0. The van der Waals surface area contributed by atoms with Crippen LogP contribution >= 0.6 is 0 Å². The standard InChI is InChI=1S/C14H28N2O2/c1-11-7-4-5-8-13(11)16-12(2)14(17)15-9-6-10-18-3/h11-13,16H,4-10H2,1-3H3,(H,15,17). The van der Waals surface area contributed by atoms with E-state index in [0.29, 0.717) is 25.1 Å². The second-order valence-electron chi connectivity index (χ2n) is 5.39. The van der Waals surface area contributed by atoms with Gasteiger partial charge in [0.15, 0.2) is 0 Å². The summed E-state index contributed by atoms with van der Waals surface area (Å²) in [5.74, 6) is 0.784. The molecule has 0 aliphatic heterocycles. The van der Waals surface area contributed by atoms with E-state index in [4.69, 9.17) is 4.74 Å². The van der Waals surface area contributed by atoms with E-state index in [9.17, 15) is 4.79 Å². The maximum Gasteiger partial charge on any atom is 0.236 e. The van der Waals surface area contributed by atoms with Gasteiger partial charge in [0.1, 0.15) is 0 Å². The van der Waals surface area contributed by atoms with E-state index in [1.54, 1.807) is 7.11 Å². The first kappa shape index (κ1) is 15.4. The number of nitrogens with one attached hydrogen (secondary N) is 2. The van der Waals surface area contributed by atoms with Gasteiger partial charge in [0.05, 0.1) is 6.04 Å². The number of rotatable bonds is 7. The summed E-state index contributed by atoms with van der Waals surface area (Å²) in [7, 11) is 1.68. The summed E-state index contributed by atoms with van der Waals surface area (Å²) < 4.78 is 4.95. The molecule has 1 fully saturated rings. The summed E-state index contributed by atoms with van der Waals surface area (Å²) in [4.78, 5) is 11.9. The van der Waals surface area contributed by atoms with Gasteiger partial charge in [-0.1, -0.05) is 19.8 Å². The van der Waals surface area contributed by atoms with Crippen LogP contribution in [0.25, 0.3) is 0 Å². The van der Waals surface area contributed by atoms with Gasteiger partial charge in [-0.15, -0.1) is 0 Å². The molecular formula is C14H28N2O2. The van der Waals surface area contributed by atoms with Crippen LogP contribution < -0.4 is 10.6 Å². The molecule has 2 N–H and O–H groups in total. The molecule has 18 heavy (non-hydrogen) atoms. The highest BCUT2D eigenvalue weighted by molar-refractivity contribution is 5.81. The summed E-state index contributed by atoms with van der Waals surface area (Å²) in [6.45, 7) is 5.62. The lowest BCUT2D eigenvalue weighted by Crippen LogP contribution is -2.49. The summed E-state index contributed by atoms with van der Waals surface area (Å²) in [6, 6.07) is 0.400. The number of carbonyl (C=O) groups is 1. The van der Waals surface area contributed by atoms with Gasteiger partial charge in [0.2, 0.25) is 5.91 Å². The minimum absolute atomic E-state index is 0.0990. The number of methoxy groups -OCH3 is 1. The molecule has 1 saturated carbocycles. The second-order valence-corrected chi connectivity index (χ2v) is 5.39. The van der Waals surface area contributed by atoms with E-state index in [-0.39, 0.29) is 11.9 Å². The third kappa shape index (κ3) is 5.36. The Balaban J connectivity index is 2.21. The second kappa shape index (κ2) is 8.48. The minimum atomic E-state index is -0.0990. The number of amides is 1. The van der Waals surface area contributed by atoms with Crippen molar-refractivity contribution < 1.29 is 9.53 Å². The van der Waals surface area contributed by atoms with Crippen molar-refractivity contribution in [2.45, 2.75) is 58.0 Å². The van der Waals surface area contributed by atoms with E-state index in [2.05, 4.69) is 17.6 Å². The Morgan fingerprint density at radius 1 is 1.39 bits per heavy atom. The van der Waals surface area contributed by atoms with Crippen LogP contribution in [-0.2, 0) is 9.53 Å². The molecule has 0 aromatic rings. The quantitative estimate of drug-likeness (QED) is 0.682. The Labute approximate surface area is 111 Å². The Morgan fingerprint density at radius 3 is 2.78 bits per heavy atom. The average Bonchev–Trinajstić information content (AvgIpc) is 2.37. The molecule has 0 aromatic carbocycles. The van der Waals surface area contributed by atoms with Gasteiger partial charge >= 0.3 is 0 Å². The van der Waals surface area contributed by atoms with Crippen molar-refractivity contribution in [3.8, 4) is 0 Å². The van der Waals surface area contributed by atoms with Gasteiger partial charge in [0, 0.05) is 26.3 Å². The third-order valence-corrected chi connectivity index (χ3v) is 3.79. The van der Waals surface area contributed by atoms with Crippen LogP contribution in [0.4, 0.5) is 0 Å². The monoisotopic (exact) mass is 256 g/mol. The van der Waals surface area contributed by atoms with Crippen molar-refractivity contribution in [1.82, 2.24) is 10.6 Å². The molecule has 3 unspecified atom stereocenters. The maximum absolute atomic E-state index is 11.9. The Kier molecular flexibility index (Phi) is 7.28. The van der Waals surface area contributed by atoms with E-state index in [1.807, 2.05) is 6.92 Å². The van der Waals surface area contributed by atoms with Crippen molar-refractivity contribution in [1.29, 1.82) is 0 Å². The molecule has 1 amide bonds. The SMILES string of the molecule is COCCCNC(=O)C(C)NC1CCCCC1C. The van der Waals surface area contributed by atoms with Crippen molar-refractivity contribution in [3.05, 3.63) is 0 Å². The van der Waals surface area contributed by atoms with Crippen LogP contribution in [0, 0.1) is 5.92 Å². The van der Waals surface area contributed by atoms with Gasteiger partial charge in [-0.2, -0.15) is 0 Å². The van der Waals surface area contributed by atoms with Crippen LogP contribution in [0.2, 0.25) is 0 Å². The number of ether oxygens (including phenoxy) is 1. The fourth-order valence-corrected chi connectivity index (χ4v) is 2.54. The molecule has 106 valence electrons. The van der Waals surface area contributed by atoms with Gasteiger partial charge in [0.25, 0.3) is 0 Å². The normalized spacial score (nSPS) is 25.7. The molecule has 0 spiro atoms. The van der Waals surface area contributed by atoms with Crippen molar-refractivity contribution in [3.63, 3.8) is 0 Å². The number of hydrogen-bond donors (Lipinski definition) is 2. The molecule has 0 aromatic heterocycles. The number of hydrogen-bond acceptors (Lipinski definition) is 3. The van der Waals surface area contributed by atoms with Crippen molar-refractivity contribution >= 4 is 5.91 Å². The zero-order valence-electron chi connectivity index (χ0n) is 12.0. The van der Waals surface area contributed by atoms with E-state index >= 15 is 0 Å². The molecule has 0 saturated heterocycles. The minimum Gasteiger partial charge on any atom is -0.385 e. The molecule has 4 heteroatoms. The topological polar surface area (TPSA) is 50.4 Å². The van der Waals surface area contributed by atoms with E-state index in [1.165, 1.54) is 25.7 Å². The first-order valence-corrected chi connectivity index (χ1v) is 7.18. The lowest BCUT2D eigenvalue weighted by molar-refractivity contribution is -0.123. The molecular weight excluding hydrogens is 228 g/mol. The van der Waals surface area contributed by atoms with Crippen LogP contribution in [0.5, 0.6) is 0 Å². The lowest BCUT2D eigenvalue weighted by atomic mass is 9.85. The molecule has 0 heterocycles. The highest BCUT2D eigenvalue weighted by Gasteiger charge is 2.24. The zero-order valence-corrected chi connectivity index (χ0v) is 12.0. The zero-order chi connectivity index (χ0) is 13.4. The first-order chi connectivity index (χ1) is 8.65. The van der Waals surface area contributed by atoms with Crippen LogP contribution in [0.1, 0.15) is 46.0 Å². The van der Waals surface area contributed by atoms with Crippen LogP contribution in [0.15, 0.2) is 0 Å². The largest absolute Gasteiger partial charge is 0.385 e. The predicted molar refractivity (Wildman–Crippen MR) is 73.5 cm³/mol. The highest BCUT2D eigenvalue weighted by atomic mass is 16.5. The van der Waals surface area contributed by atoms with Gasteiger partial charge < -0.3 is 15.4 Å². The first-order valence-electron chi connectivity index (χ1n) is 7.18. The summed E-state index contributed by atoms with van der Waals surface area (Å²) in [5.41, 5.74) is 0. The van der Waals surface area contributed by atoms with E-state index < -0.39 is 0 Å². The maximum atomic E-state index is 11.9. The molecule has 1 aliphatic rings. The third-order valence-electron chi connectivity index (χ3n) is 3.79. The molecule has 0 bridgehead atoms. The summed E-state index contributed by atoms with van der Waals surface area (Å²) in [6.07, 6.45) is 5.96. The molecule has 0 radical (unpaired) electrons. The van der Waals surface area contributed by atoms with E-state index in [0.717, 1.165) is 6.42 Å². The molecule has 3 atom stereocenters. The fourth-order valence-electron chi connectivity index (χ4n) is 2.54. The van der Waals surface area contributed by atoms with Crippen molar-refractivity contribution in [2.24, 2.45) is 5.92 Å². The Hall–Kier alpha value is -0.610. The smallest absolute Gasteiger partial charge is 0.236 e. The highest BCUT2D eigenvalue weighted by Crippen LogP contribution is 2.23. The fraction of sp³-hybridized carbons (Fsp3) is 0.929. The predicted octanol–water partition coefficient (Wildman–Crippen LogP) is 1.70. The molecule has 1 rings (SSSR count). The lowest BCUT2D eigenvalue weighted by Gasteiger charge is -2.31. The Morgan fingerprint density at radius 2 is 2.11 bits per heavy atom. The van der Waals surface area contributed by atoms with Crippen molar-refractivity contribution in [2.75, 3.05) is 20.3 Å². The van der Waals surface area contributed by atoms with Crippen LogP contribution in [-0.4, -0.2) is 38.3 Å². The van der Waals surface area contributed by atoms with Gasteiger partial charge in [-0.05, 0) is 32.1 Å².